The molecule has 0 atom stereocenters. The van der Waals surface area contributed by atoms with Crippen molar-refractivity contribution in [2.75, 3.05) is 19.7 Å². The van der Waals surface area contributed by atoms with Crippen LogP contribution in [0.25, 0.3) is 0 Å². The van der Waals surface area contributed by atoms with Gasteiger partial charge in [0, 0.05) is 18.6 Å². The molecule has 2 rings (SSSR count). The van der Waals surface area contributed by atoms with E-state index in [1.807, 2.05) is 0 Å². The molecular weight excluding hydrogens is 186 g/mol. The van der Waals surface area contributed by atoms with Gasteiger partial charge < -0.3 is 10.4 Å². The van der Waals surface area contributed by atoms with Gasteiger partial charge in [-0.1, -0.05) is 32.1 Å². The predicted molar refractivity (Wildman–Crippen MR) is 62.8 cm³/mol. The normalized spacial score (nSPS) is 25.4. The van der Waals surface area contributed by atoms with E-state index in [1.54, 1.807) is 0 Å². The lowest BCUT2D eigenvalue weighted by Crippen LogP contribution is -2.43. The summed E-state index contributed by atoms with van der Waals surface area (Å²) in [6.45, 7) is 2.58. The largest absolute Gasteiger partial charge is 0.396 e. The smallest absolute Gasteiger partial charge is 0.0499 e. The minimum atomic E-state index is 0.260. The van der Waals surface area contributed by atoms with Crippen LogP contribution < -0.4 is 5.32 Å². The Morgan fingerprint density at radius 3 is 2.40 bits per heavy atom. The number of nitrogens with one attached hydrogen (secondary N) is 1. The van der Waals surface area contributed by atoms with Crippen LogP contribution >= 0.6 is 0 Å². The van der Waals surface area contributed by atoms with Crippen molar-refractivity contribution in [3.63, 3.8) is 0 Å². The zero-order valence-electron chi connectivity index (χ0n) is 9.80. The van der Waals surface area contributed by atoms with Crippen LogP contribution in [0.2, 0.25) is 0 Å². The van der Waals surface area contributed by atoms with Gasteiger partial charge in [0.2, 0.25) is 0 Å². The van der Waals surface area contributed by atoms with Gasteiger partial charge in [0.1, 0.15) is 0 Å². The van der Waals surface area contributed by atoms with Crippen LogP contribution in [-0.2, 0) is 0 Å². The Bertz CT molecular complexity index is 177. The van der Waals surface area contributed by atoms with Gasteiger partial charge in [0.25, 0.3) is 0 Å². The second kappa shape index (κ2) is 5.31. The molecule has 0 unspecified atom stereocenters. The molecule has 2 saturated carbocycles. The van der Waals surface area contributed by atoms with Crippen molar-refractivity contribution < 1.29 is 5.11 Å². The molecule has 88 valence electrons. The van der Waals surface area contributed by atoms with E-state index in [4.69, 9.17) is 0 Å². The maximum absolute atomic E-state index is 9.31. The molecule has 0 heterocycles. The summed E-state index contributed by atoms with van der Waals surface area (Å²) in [5, 5.41) is 12.9. The SMILES string of the molecule is OCC1(CNCCC2CCCC2)CCC1. The Labute approximate surface area is 93.5 Å². The quantitative estimate of drug-likeness (QED) is 0.661. The van der Waals surface area contributed by atoms with Crippen molar-refractivity contribution in [1.82, 2.24) is 5.32 Å². The summed E-state index contributed by atoms with van der Waals surface area (Å²) in [6, 6.07) is 0. The maximum atomic E-state index is 9.31. The third-order valence-corrected chi connectivity index (χ3v) is 4.45. The summed E-state index contributed by atoms with van der Waals surface area (Å²) in [5.41, 5.74) is 0.260. The van der Waals surface area contributed by atoms with Crippen molar-refractivity contribution in [3.05, 3.63) is 0 Å². The molecule has 2 heteroatoms. The summed E-state index contributed by atoms with van der Waals surface area (Å²) in [5.74, 6) is 0.990. The predicted octanol–water partition coefficient (Wildman–Crippen LogP) is 2.32. The van der Waals surface area contributed by atoms with E-state index >= 15 is 0 Å². The third-order valence-electron chi connectivity index (χ3n) is 4.45. The number of hydrogen-bond acceptors (Lipinski definition) is 2. The van der Waals surface area contributed by atoms with Gasteiger partial charge in [0.15, 0.2) is 0 Å². The Balaban J connectivity index is 1.54. The molecule has 2 nitrogen and oxygen atoms in total. The second-order valence-electron chi connectivity index (χ2n) is 5.63. The first-order valence-corrected chi connectivity index (χ1v) is 6.66. The highest BCUT2D eigenvalue weighted by Gasteiger charge is 2.35. The van der Waals surface area contributed by atoms with Crippen LogP contribution in [0, 0.1) is 11.3 Å². The van der Waals surface area contributed by atoms with Gasteiger partial charge in [-0.15, -0.1) is 0 Å². The standard InChI is InChI=1S/C13H25NO/c15-11-13(7-3-8-13)10-14-9-6-12-4-1-2-5-12/h12,14-15H,1-11H2. The van der Waals surface area contributed by atoms with Crippen LogP contribution in [0.1, 0.15) is 51.4 Å². The second-order valence-corrected chi connectivity index (χ2v) is 5.63. The highest BCUT2D eigenvalue weighted by Crippen LogP contribution is 2.39. The van der Waals surface area contributed by atoms with E-state index < -0.39 is 0 Å². The maximum Gasteiger partial charge on any atom is 0.0499 e. The monoisotopic (exact) mass is 211 g/mol. The first-order valence-electron chi connectivity index (χ1n) is 6.66. The average Bonchev–Trinajstić information content (AvgIpc) is 2.68. The van der Waals surface area contributed by atoms with E-state index in [1.165, 1.54) is 51.4 Å². The molecular formula is C13H25NO. The number of hydrogen-bond donors (Lipinski definition) is 2. The van der Waals surface area contributed by atoms with Crippen molar-refractivity contribution in [2.24, 2.45) is 11.3 Å². The topological polar surface area (TPSA) is 32.3 Å². The Hall–Kier alpha value is -0.0800. The van der Waals surface area contributed by atoms with Crippen LogP contribution in [0.15, 0.2) is 0 Å². The highest BCUT2D eigenvalue weighted by atomic mass is 16.3. The Morgan fingerprint density at radius 2 is 1.87 bits per heavy atom. The summed E-state index contributed by atoms with van der Waals surface area (Å²) in [7, 11) is 0. The molecule has 0 aliphatic heterocycles. The molecule has 15 heavy (non-hydrogen) atoms. The van der Waals surface area contributed by atoms with Gasteiger partial charge in [-0.25, -0.2) is 0 Å². The molecule has 0 spiro atoms. The minimum absolute atomic E-state index is 0.260. The molecule has 0 saturated heterocycles. The number of aliphatic hydroxyl groups is 1. The van der Waals surface area contributed by atoms with E-state index in [2.05, 4.69) is 5.32 Å². The van der Waals surface area contributed by atoms with Gasteiger partial charge >= 0.3 is 0 Å². The van der Waals surface area contributed by atoms with Crippen LogP contribution in [0.5, 0.6) is 0 Å². The Kier molecular flexibility index (Phi) is 4.04. The lowest BCUT2D eigenvalue weighted by atomic mass is 9.69. The fourth-order valence-electron chi connectivity index (χ4n) is 3.03. The molecule has 2 N–H and O–H groups in total. The molecule has 0 aromatic rings. The molecule has 2 aliphatic carbocycles. The van der Waals surface area contributed by atoms with Gasteiger partial charge in [0.05, 0.1) is 0 Å². The lowest BCUT2D eigenvalue weighted by Gasteiger charge is -2.40. The average molecular weight is 211 g/mol. The van der Waals surface area contributed by atoms with E-state index in [-0.39, 0.29) is 5.41 Å². The summed E-state index contributed by atoms with van der Waals surface area (Å²) in [6.07, 6.45) is 10.9. The molecule has 2 aliphatic rings. The third kappa shape index (κ3) is 2.94. The fourth-order valence-corrected chi connectivity index (χ4v) is 3.03. The van der Waals surface area contributed by atoms with Crippen molar-refractivity contribution in [1.29, 1.82) is 0 Å². The summed E-state index contributed by atoms with van der Waals surface area (Å²) in [4.78, 5) is 0. The molecule has 0 radical (unpaired) electrons. The van der Waals surface area contributed by atoms with E-state index in [9.17, 15) is 5.11 Å². The first-order chi connectivity index (χ1) is 7.35. The number of aliphatic hydroxyl groups excluding tert-OH is 1. The highest BCUT2D eigenvalue weighted by molar-refractivity contribution is 4.88. The zero-order valence-corrected chi connectivity index (χ0v) is 9.80. The van der Waals surface area contributed by atoms with Crippen LogP contribution in [0.3, 0.4) is 0 Å². The Morgan fingerprint density at radius 1 is 1.13 bits per heavy atom. The van der Waals surface area contributed by atoms with Gasteiger partial charge in [-0.2, -0.15) is 0 Å². The minimum Gasteiger partial charge on any atom is -0.396 e. The van der Waals surface area contributed by atoms with Crippen molar-refractivity contribution in [2.45, 2.75) is 51.4 Å². The molecule has 0 amide bonds. The molecule has 0 bridgehead atoms. The molecule has 2 fully saturated rings. The van der Waals surface area contributed by atoms with Gasteiger partial charge in [-0.3, -0.25) is 0 Å². The fraction of sp³-hybridized carbons (Fsp3) is 1.00. The van der Waals surface area contributed by atoms with Crippen LogP contribution in [-0.4, -0.2) is 24.8 Å². The molecule has 0 aromatic heterocycles. The van der Waals surface area contributed by atoms with Crippen molar-refractivity contribution >= 4 is 0 Å². The first kappa shape index (κ1) is 11.4. The van der Waals surface area contributed by atoms with Crippen LogP contribution in [0.4, 0.5) is 0 Å². The van der Waals surface area contributed by atoms with Gasteiger partial charge in [-0.05, 0) is 31.7 Å². The summed E-state index contributed by atoms with van der Waals surface area (Å²) >= 11 is 0. The van der Waals surface area contributed by atoms with E-state index in [0.717, 1.165) is 19.0 Å². The zero-order chi connectivity index (χ0) is 10.6. The number of rotatable bonds is 6. The molecule has 0 aromatic carbocycles. The van der Waals surface area contributed by atoms with Crippen molar-refractivity contribution in [3.8, 4) is 0 Å². The lowest BCUT2D eigenvalue weighted by molar-refractivity contribution is 0.0446. The van der Waals surface area contributed by atoms with E-state index in [0.29, 0.717) is 6.61 Å². The summed E-state index contributed by atoms with van der Waals surface area (Å²) < 4.78 is 0.